The fraction of sp³-hybridized carbons (Fsp3) is 0.536. The van der Waals surface area contributed by atoms with Gasteiger partial charge in [0.1, 0.15) is 5.75 Å². The first-order chi connectivity index (χ1) is 16.8. The van der Waals surface area contributed by atoms with Crippen LogP contribution in [-0.4, -0.2) is 66.2 Å². The van der Waals surface area contributed by atoms with Gasteiger partial charge >= 0.3 is 0 Å². The van der Waals surface area contributed by atoms with E-state index in [1.54, 1.807) is 23.5 Å². The fourth-order valence-electron chi connectivity index (χ4n) is 6.39. The van der Waals surface area contributed by atoms with Gasteiger partial charge in [0.05, 0.1) is 5.60 Å². The Hall–Kier alpha value is -1.67. The van der Waals surface area contributed by atoms with Crippen molar-refractivity contribution >= 4 is 39.2 Å². The van der Waals surface area contributed by atoms with E-state index in [-0.39, 0.29) is 23.0 Å². The average molecular weight is 560 g/mol. The van der Waals surface area contributed by atoms with Gasteiger partial charge in [0.2, 0.25) is 5.91 Å². The largest absolute Gasteiger partial charge is 0.508 e. The summed E-state index contributed by atoms with van der Waals surface area (Å²) in [7, 11) is 3.79. The highest BCUT2D eigenvalue weighted by atomic mass is 79.9. The zero-order chi connectivity index (χ0) is 24.6. The molecular formula is C28H35BrN2O3S. The second kappa shape index (κ2) is 10.0. The lowest BCUT2D eigenvalue weighted by atomic mass is 9.55. The molecule has 3 aliphatic rings. The number of phenols is 1. The molecule has 1 aliphatic heterocycles. The number of halogens is 1. The van der Waals surface area contributed by atoms with Crippen molar-refractivity contribution in [2.24, 2.45) is 5.92 Å². The Balaban J connectivity index is 1.42. The molecular weight excluding hydrogens is 524 g/mol. The molecule has 3 atom stereocenters. The van der Waals surface area contributed by atoms with E-state index in [0.717, 1.165) is 66.1 Å². The van der Waals surface area contributed by atoms with Gasteiger partial charge in [-0.2, -0.15) is 0 Å². The molecule has 1 amide bonds. The second-order valence-electron chi connectivity index (χ2n) is 10.6. The van der Waals surface area contributed by atoms with Gasteiger partial charge in [-0.25, -0.2) is 0 Å². The van der Waals surface area contributed by atoms with E-state index in [1.807, 2.05) is 48.7 Å². The number of carbonyl (C=O) groups excluding carboxylic acids is 1. The molecule has 35 heavy (non-hydrogen) atoms. The Kier molecular flexibility index (Phi) is 7.14. The number of amides is 1. The molecule has 0 radical (unpaired) electrons. The number of fused-ring (bicyclic) bond motifs is 1. The number of piperidine rings is 1. The van der Waals surface area contributed by atoms with Crippen LogP contribution in [0, 0.1) is 5.92 Å². The summed E-state index contributed by atoms with van der Waals surface area (Å²) in [4.78, 5) is 18.7. The molecule has 2 heterocycles. The second-order valence-corrected chi connectivity index (χ2v) is 12.5. The summed E-state index contributed by atoms with van der Waals surface area (Å²) in [6.07, 6.45) is 9.89. The van der Waals surface area contributed by atoms with Crippen LogP contribution in [0.4, 0.5) is 0 Å². The molecule has 2 saturated carbocycles. The van der Waals surface area contributed by atoms with E-state index in [0.29, 0.717) is 5.75 Å². The highest BCUT2D eigenvalue weighted by Gasteiger charge is 2.59. The molecule has 5 nitrogen and oxygen atoms in total. The van der Waals surface area contributed by atoms with Crippen molar-refractivity contribution in [1.29, 1.82) is 0 Å². The number of ether oxygens (including phenoxy) is 1. The minimum absolute atomic E-state index is 0.0293. The lowest BCUT2D eigenvalue weighted by Gasteiger charge is -2.60. The number of likely N-dealkylation sites (N-methyl/N-ethyl adjacent to an activating group) is 1. The lowest BCUT2D eigenvalue weighted by Crippen LogP contribution is -2.68. The number of carbonyl (C=O) groups is 1. The molecule has 5 rings (SSSR count). The normalized spacial score (nSPS) is 29.3. The predicted octanol–water partition coefficient (Wildman–Crippen LogP) is 5.68. The smallest absolute Gasteiger partial charge is 0.246 e. The van der Waals surface area contributed by atoms with Crippen LogP contribution >= 0.6 is 27.3 Å². The van der Waals surface area contributed by atoms with Crippen LogP contribution in [0.2, 0.25) is 0 Å². The molecule has 2 aliphatic carbocycles. The first-order valence-corrected chi connectivity index (χ1v) is 14.3. The van der Waals surface area contributed by atoms with Gasteiger partial charge in [0.25, 0.3) is 0 Å². The molecule has 7 heteroatoms. The van der Waals surface area contributed by atoms with Crippen molar-refractivity contribution in [3.63, 3.8) is 0 Å². The van der Waals surface area contributed by atoms with Gasteiger partial charge in [0.15, 0.2) is 0 Å². The Morgan fingerprint density at radius 2 is 2.14 bits per heavy atom. The van der Waals surface area contributed by atoms with Crippen molar-refractivity contribution in [2.75, 3.05) is 33.8 Å². The van der Waals surface area contributed by atoms with Gasteiger partial charge < -0.3 is 19.6 Å². The number of rotatable bonds is 7. The SMILES string of the molecule is CO[C@]12CC[C@H](N(C)C(=O)/C=C/c3cc(Br)cs3)C[C@]1(c1cccc(O)c1)CCN(CC1CC1)C2. The van der Waals surface area contributed by atoms with Crippen LogP contribution in [-0.2, 0) is 14.9 Å². The molecule has 0 bridgehead atoms. The van der Waals surface area contributed by atoms with Crippen LogP contribution in [0.15, 0.2) is 46.3 Å². The highest BCUT2D eigenvalue weighted by Crippen LogP contribution is 2.54. The van der Waals surface area contributed by atoms with Crippen LogP contribution in [0.25, 0.3) is 6.08 Å². The van der Waals surface area contributed by atoms with E-state index in [2.05, 4.69) is 26.9 Å². The maximum Gasteiger partial charge on any atom is 0.246 e. The first-order valence-electron chi connectivity index (χ1n) is 12.6. The molecule has 2 aromatic rings. The first kappa shape index (κ1) is 25.0. The summed E-state index contributed by atoms with van der Waals surface area (Å²) < 4.78 is 7.50. The van der Waals surface area contributed by atoms with Crippen molar-refractivity contribution in [3.8, 4) is 5.75 Å². The van der Waals surface area contributed by atoms with Crippen molar-refractivity contribution in [2.45, 2.75) is 55.6 Å². The number of aromatic hydroxyl groups is 1. The average Bonchev–Trinajstić information content (AvgIpc) is 3.58. The molecule has 1 saturated heterocycles. The Bertz CT molecular complexity index is 1100. The van der Waals surface area contributed by atoms with E-state index in [9.17, 15) is 9.90 Å². The minimum atomic E-state index is -0.326. The molecule has 0 spiro atoms. The maximum atomic E-state index is 13.2. The van der Waals surface area contributed by atoms with Gasteiger partial charge in [-0.1, -0.05) is 12.1 Å². The molecule has 1 N–H and O–H groups in total. The monoisotopic (exact) mass is 558 g/mol. The summed E-state index contributed by atoms with van der Waals surface area (Å²) in [5, 5.41) is 12.4. The molecule has 0 unspecified atom stereocenters. The van der Waals surface area contributed by atoms with Gasteiger partial charge in [-0.05, 0) is 96.8 Å². The van der Waals surface area contributed by atoms with E-state index in [4.69, 9.17) is 4.74 Å². The summed E-state index contributed by atoms with van der Waals surface area (Å²) in [5.41, 5.74) is 0.559. The summed E-state index contributed by atoms with van der Waals surface area (Å²) >= 11 is 5.09. The van der Waals surface area contributed by atoms with Crippen LogP contribution in [0.1, 0.15) is 49.0 Å². The van der Waals surface area contributed by atoms with Crippen LogP contribution in [0.3, 0.4) is 0 Å². The summed E-state index contributed by atoms with van der Waals surface area (Å²) in [6, 6.07) is 9.88. The van der Waals surface area contributed by atoms with Crippen molar-refractivity contribution in [3.05, 3.63) is 56.7 Å². The van der Waals surface area contributed by atoms with E-state index < -0.39 is 0 Å². The van der Waals surface area contributed by atoms with Crippen LogP contribution < -0.4 is 0 Å². The zero-order valence-electron chi connectivity index (χ0n) is 20.6. The number of methoxy groups -OCH3 is 1. The number of nitrogens with zero attached hydrogens (tertiary/aromatic N) is 2. The molecule has 188 valence electrons. The molecule has 3 fully saturated rings. The lowest BCUT2D eigenvalue weighted by molar-refractivity contribution is -0.159. The number of likely N-dealkylation sites (tertiary alicyclic amines) is 1. The summed E-state index contributed by atoms with van der Waals surface area (Å²) in [6.45, 7) is 3.09. The Morgan fingerprint density at radius 1 is 1.31 bits per heavy atom. The third-order valence-electron chi connectivity index (χ3n) is 8.55. The molecule has 1 aromatic heterocycles. The Labute approximate surface area is 220 Å². The van der Waals surface area contributed by atoms with Crippen molar-refractivity contribution < 1.29 is 14.6 Å². The van der Waals surface area contributed by atoms with Gasteiger partial charge in [-0.3, -0.25) is 4.79 Å². The third-order valence-corrected chi connectivity index (χ3v) is 10.2. The maximum absolute atomic E-state index is 13.2. The van der Waals surface area contributed by atoms with Crippen molar-refractivity contribution in [1.82, 2.24) is 9.80 Å². The number of hydrogen-bond donors (Lipinski definition) is 1. The van der Waals surface area contributed by atoms with Gasteiger partial charge in [-0.15, -0.1) is 11.3 Å². The Morgan fingerprint density at radius 3 is 2.83 bits per heavy atom. The zero-order valence-corrected chi connectivity index (χ0v) is 23.0. The molecule has 1 aromatic carbocycles. The standard InChI is InChI=1S/C28H35BrN2O3S/c1-30(26(33)9-8-25-15-22(29)18-35-25)23-10-11-28(34-2)19-31(17-20-6-7-20)13-12-27(28,16-23)21-4-3-5-24(32)14-21/h3-5,8-9,14-15,18,20,23,32H,6-7,10-13,16-17,19H2,1-2H3/b9-8+/t23-,27-,28-/m0/s1. The van der Waals surface area contributed by atoms with E-state index in [1.165, 1.54) is 12.8 Å². The fourth-order valence-corrected chi connectivity index (χ4v) is 7.73. The van der Waals surface area contributed by atoms with E-state index >= 15 is 0 Å². The predicted molar refractivity (Wildman–Crippen MR) is 145 cm³/mol. The highest BCUT2D eigenvalue weighted by molar-refractivity contribution is 9.10. The number of hydrogen-bond acceptors (Lipinski definition) is 5. The van der Waals surface area contributed by atoms with Crippen LogP contribution in [0.5, 0.6) is 5.75 Å². The van der Waals surface area contributed by atoms with Gasteiger partial charge in [0, 0.05) is 59.5 Å². The summed E-state index contributed by atoms with van der Waals surface area (Å²) in [5.74, 6) is 1.16. The number of phenolic OH excluding ortho intramolecular Hbond substituents is 1. The quantitative estimate of drug-likeness (QED) is 0.444. The topological polar surface area (TPSA) is 53.0 Å². The number of thiophene rings is 1. The third kappa shape index (κ3) is 4.97. The number of benzene rings is 1. The minimum Gasteiger partial charge on any atom is -0.508 e.